The Kier molecular flexibility index (Phi) is 10.0. The van der Waals surface area contributed by atoms with E-state index in [1.54, 1.807) is 30.0 Å². The van der Waals surface area contributed by atoms with Crippen LogP contribution in [0, 0.1) is 0 Å². The Hall–Kier alpha value is -1.69. The Morgan fingerprint density at radius 1 is 1.10 bits per heavy atom. The highest BCUT2D eigenvalue weighted by Gasteiger charge is 2.27. The van der Waals surface area contributed by atoms with E-state index < -0.39 is 6.04 Å². The lowest BCUT2D eigenvalue weighted by Gasteiger charge is -2.30. The van der Waals surface area contributed by atoms with Crippen molar-refractivity contribution in [2.45, 2.75) is 51.6 Å². The van der Waals surface area contributed by atoms with E-state index in [9.17, 15) is 9.59 Å². The van der Waals surface area contributed by atoms with Crippen LogP contribution in [0.5, 0.6) is 0 Å². The number of carbonyl (C=O) groups is 2. The molecular formula is C23H28Cl2N2O2S. The molecule has 0 aliphatic rings. The predicted octanol–water partition coefficient (Wildman–Crippen LogP) is 5.56. The number of nitrogens with one attached hydrogen (secondary N) is 1. The summed E-state index contributed by atoms with van der Waals surface area (Å²) in [4.78, 5) is 27.4. The number of hydrogen-bond donors (Lipinski definition) is 1. The van der Waals surface area contributed by atoms with Gasteiger partial charge in [0.25, 0.3) is 0 Å². The lowest BCUT2D eigenvalue weighted by Crippen LogP contribution is -2.50. The molecule has 0 bridgehead atoms. The summed E-state index contributed by atoms with van der Waals surface area (Å²) in [5.41, 5.74) is 1.91. The second kappa shape index (κ2) is 12.2. The van der Waals surface area contributed by atoms with Crippen molar-refractivity contribution >= 4 is 46.8 Å². The molecule has 4 nitrogen and oxygen atoms in total. The van der Waals surface area contributed by atoms with Crippen molar-refractivity contribution in [3.63, 3.8) is 0 Å². The molecule has 0 spiro atoms. The maximum atomic E-state index is 13.1. The summed E-state index contributed by atoms with van der Waals surface area (Å²) >= 11 is 13.9. The third-order valence-corrected chi connectivity index (χ3v) is 6.44. The van der Waals surface area contributed by atoms with Crippen molar-refractivity contribution in [2.24, 2.45) is 0 Å². The fourth-order valence-electron chi connectivity index (χ4n) is 2.79. The van der Waals surface area contributed by atoms with Crippen LogP contribution in [-0.4, -0.2) is 34.6 Å². The van der Waals surface area contributed by atoms with Crippen LogP contribution >= 0.6 is 35.0 Å². The number of hydrogen-bond acceptors (Lipinski definition) is 3. The fourth-order valence-corrected chi connectivity index (χ4v) is 4.13. The van der Waals surface area contributed by atoms with E-state index in [1.807, 2.05) is 44.2 Å². The summed E-state index contributed by atoms with van der Waals surface area (Å²) in [5.74, 6) is 0.737. The van der Waals surface area contributed by atoms with Crippen molar-refractivity contribution in [3.05, 3.63) is 69.7 Å². The molecule has 0 aromatic heterocycles. The molecule has 2 aromatic rings. The second-order valence-corrected chi connectivity index (χ2v) is 9.06. The minimum absolute atomic E-state index is 0.0449. The van der Waals surface area contributed by atoms with Crippen molar-refractivity contribution in [1.82, 2.24) is 10.2 Å². The van der Waals surface area contributed by atoms with Gasteiger partial charge in [0.15, 0.2) is 0 Å². The summed E-state index contributed by atoms with van der Waals surface area (Å²) in [6, 6.07) is 14.6. The summed E-state index contributed by atoms with van der Waals surface area (Å²) in [5, 5.41) is 3.97. The molecule has 0 fully saturated rings. The zero-order chi connectivity index (χ0) is 22.1. The lowest BCUT2D eigenvalue weighted by molar-refractivity contribution is -0.138. The van der Waals surface area contributed by atoms with Crippen molar-refractivity contribution in [2.75, 3.05) is 5.75 Å². The number of nitrogens with zero attached hydrogens (tertiary/aromatic N) is 1. The number of thioether (sulfide) groups is 1. The molecule has 162 valence electrons. The van der Waals surface area contributed by atoms with Gasteiger partial charge in [-0.05, 0) is 43.5 Å². The molecule has 2 amide bonds. The molecular weight excluding hydrogens is 439 g/mol. The predicted molar refractivity (Wildman–Crippen MR) is 127 cm³/mol. The average molecular weight is 467 g/mol. The zero-order valence-electron chi connectivity index (χ0n) is 17.5. The van der Waals surface area contributed by atoms with E-state index in [2.05, 4.69) is 5.32 Å². The molecule has 0 aliphatic heterocycles. The molecule has 0 unspecified atom stereocenters. The monoisotopic (exact) mass is 466 g/mol. The maximum Gasteiger partial charge on any atom is 0.242 e. The molecule has 1 N–H and O–H groups in total. The van der Waals surface area contributed by atoms with Gasteiger partial charge in [0.2, 0.25) is 11.8 Å². The minimum Gasteiger partial charge on any atom is -0.352 e. The van der Waals surface area contributed by atoms with Gasteiger partial charge in [-0.3, -0.25) is 9.59 Å². The van der Waals surface area contributed by atoms with Gasteiger partial charge >= 0.3 is 0 Å². The first-order valence-corrected chi connectivity index (χ1v) is 11.9. The van der Waals surface area contributed by atoms with Crippen LogP contribution < -0.4 is 5.32 Å². The van der Waals surface area contributed by atoms with E-state index >= 15 is 0 Å². The van der Waals surface area contributed by atoms with Crippen LogP contribution in [0.2, 0.25) is 10.0 Å². The van der Waals surface area contributed by atoms with Gasteiger partial charge in [0, 0.05) is 28.4 Å². The van der Waals surface area contributed by atoms with E-state index in [-0.39, 0.29) is 30.2 Å². The first-order chi connectivity index (χ1) is 14.3. The Morgan fingerprint density at radius 3 is 2.43 bits per heavy atom. The number of rotatable bonds is 10. The summed E-state index contributed by atoms with van der Waals surface area (Å²) in [7, 11) is 0. The minimum atomic E-state index is -0.615. The third-order valence-electron chi connectivity index (χ3n) is 4.86. The number of benzene rings is 2. The Labute approximate surface area is 193 Å². The second-order valence-electron chi connectivity index (χ2n) is 7.23. The van der Waals surface area contributed by atoms with E-state index in [0.29, 0.717) is 10.0 Å². The van der Waals surface area contributed by atoms with E-state index in [4.69, 9.17) is 23.2 Å². The molecule has 30 heavy (non-hydrogen) atoms. The van der Waals surface area contributed by atoms with Gasteiger partial charge < -0.3 is 10.2 Å². The molecule has 0 heterocycles. The highest BCUT2D eigenvalue weighted by atomic mass is 35.5. The lowest BCUT2D eigenvalue weighted by atomic mass is 10.1. The van der Waals surface area contributed by atoms with Crippen LogP contribution in [0.15, 0.2) is 48.5 Å². The maximum absolute atomic E-state index is 13.1. The Morgan fingerprint density at radius 2 is 1.80 bits per heavy atom. The van der Waals surface area contributed by atoms with Crippen LogP contribution in [0.4, 0.5) is 0 Å². The fraction of sp³-hybridized carbons (Fsp3) is 0.391. The van der Waals surface area contributed by atoms with Crippen LogP contribution in [0.25, 0.3) is 0 Å². The van der Waals surface area contributed by atoms with E-state index in [1.165, 1.54) is 11.8 Å². The largest absolute Gasteiger partial charge is 0.352 e. The van der Waals surface area contributed by atoms with Crippen molar-refractivity contribution < 1.29 is 9.59 Å². The normalized spacial score (nSPS) is 12.8. The standard InChI is InChI=1S/C23H28Cl2N2O2S/c1-4-16(2)26-23(29)17(3)27(13-19-10-11-20(24)12-21(19)25)22(28)15-30-14-18-8-6-5-7-9-18/h5-12,16-17H,4,13-15H2,1-3H3,(H,26,29)/t16-,17-/m0/s1. The van der Waals surface area contributed by atoms with Gasteiger partial charge in [0.05, 0.1) is 5.75 Å². The first kappa shape index (κ1) is 24.6. The molecule has 2 aromatic carbocycles. The van der Waals surface area contributed by atoms with Crippen molar-refractivity contribution in [3.8, 4) is 0 Å². The summed E-state index contributed by atoms with van der Waals surface area (Å²) in [6.07, 6.45) is 0.822. The average Bonchev–Trinajstić information content (AvgIpc) is 2.73. The number of carbonyl (C=O) groups excluding carboxylic acids is 2. The van der Waals surface area contributed by atoms with Crippen LogP contribution in [0.3, 0.4) is 0 Å². The zero-order valence-corrected chi connectivity index (χ0v) is 19.9. The molecule has 0 saturated carbocycles. The van der Waals surface area contributed by atoms with Crippen LogP contribution in [-0.2, 0) is 21.9 Å². The van der Waals surface area contributed by atoms with Gasteiger partial charge in [-0.25, -0.2) is 0 Å². The molecule has 2 rings (SSSR count). The molecule has 7 heteroatoms. The molecule has 0 radical (unpaired) electrons. The quantitative estimate of drug-likeness (QED) is 0.498. The van der Waals surface area contributed by atoms with Gasteiger partial charge in [-0.15, -0.1) is 11.8 Å². The molecule has 0 aliphatic carbocycles. The Bertz CT molecular complexity index is 848. The number of halogens is 2. The highest BCUT2D eigenvalue weighted by molar-refractivity contribution is 7.99. The molecule has 2 atom stereocenters. The summed E-state index contributed by atoms with van der Waals surface area (Å²) < 4.78 is 0. The molecule has 0 saturated heterocycles. The number of amides is 2. The van der Waals surface area contributed by atoms with Gasteiger partial charge in [-0.2, -0.15) is 0 Å². The van der Waals surface area contributed by atoms with Gasteiger partial charge in [0.1, 0.15) is 6.04 Å². The van der Waals surface area contributed by atoms with E-state index in [0.717, 1.165) is 23.3 Å². The smallest absolute Gasteiger partial charge is 0.242 e. The first-order valence-electron chi connectivity index (χ1n) is 9.97. The topological polar surface area (TPSA) is 49.4 Å². The summed E-state index contributed by atoms with van der Waals surface area (Å²) in [6.45, 7) is 5.95. The third kappa shape index (κ3) is 7.53. The SMILES string of the molecule is CC[C@H](C)NC(=O)[C@H](C)N(Cc1ccc(Cl)cc1Cl)C(=O)CSCc1ccccc1. The highest BCUT2D eigenvalue weighted by Crippen LogP contribution is 2.24. The van der Waals surface area contributed by atoms with Crippen molar-refractivity contribution in [1.29, 1.82) is 0 Å². The van der Waals surface area contributed by atoms with Crippen LogP contribution in [0.1, 0.15) is 38.3 Å². The Balaban J connectivity index is 2.12. The van der Waals surface area contributed by atoms with Gasteiger partial charge in [-0.1, -0.05) is 66.5 Å².